The highest BCUT2D eigenvalue weighted by Gasteiger charge is 2.15. The number of nitrogens with zero attached hydrogens (tertiary/aromatic N) is 1. The molecular weight excluding hydrogens is 304 g/mol. The number of carbonyl (C=O) groups excluding carboxylic acids is 1. The van der Waals surface area contributed by atoms with E-state index in [1.165, 1.54) is 23.7 Å². The first kappa shape index (κ1) is 14.6. The lowest BCUT2D eigenvalue weighted by molar-refractivity contribution is 0.0934. The molecule has 3 aromatic heterocycles. The minimum absolute atomic E-state index is 0.178. The van der Waals surface area contributed by atoms with E-state index in [1.54, 1.807) is 12.1 Å². The zero-order valence-corrected chi connectivity index (χ0v) is 12.4. The van der Waals surface area contributed by atoms with Crippen LogP contribution in [-0.2, 0) is 0 Å². The highest BCUT2D eigenvalue weighted by molar-refractivity contribution is 7.10. The largest absolute Gasteiger partial charge is 0.461 e. The normalized spacial score (nSPS) is 12.2. The minimum Gasteiger partial charge on any atom is -0.461 e. The molecule has 6 nitrogen and oxygen atoms in total. The van der Waals surface area contributed by atoms with Crippen molar-refractivity contribution in [2.24, 2.45) is 0 Å². The first-order chi connectivity index (χ1) is 10.7. The Morgan fingerprint density at radius 3 is 3.00 bits per heavy atom. The fourth-order valence-electron chi connectivity index (χ4n) is 1.95. The second-order valence-electron chi connectivity index (χ2n) is 4.63. The third-order valence-electron chi connectivity index (χ3n) is 3.08. The summed E-state index contributed by atoms with van der Waals surface area (Å²) in [4.78, 5) is 12.8. The molecule has 0 aliphatic rings. The third-order valence-corrected chi connectivity index (χ3v) is 4.06. The van der Waals surface area contributed by atoms with E-state index in [-0.39, 0.29) is 11.6 Å². The molecule has 0 aliphatic heterocycles. The number of aliphatic hydroxyl groups excluding tert-OH is 1. The molecule has 7 heteroatoms. The summed E-state index contributed by atoms with van der Waals surface area (Å²) in [6.07, 6.45) is 1.38. The summed E-state index contributed by atoms with van der Waals surface area (Å²) in [6, 6.07) is 8.71. The molecule has 0 radical (unpaired) electrons. The Hall–Kier alpha value is -2.38. The van der Waals surface area contributed by atoms with Gasteiger partial charge in [-0.05, 0) is 30.0 Å². The quantitative estimate of drug-likeness (QED) is 0.729. The molecule has 0 saturated carbocycles. The molecule has 0 aromatic carbocycles. The van der Waals surface area contributed by atoms with Crippen LogP contribution in [0.15, 0.2) is 50.9 Å². The van der Waals surface area contributed by atoms with Crippen molar-refractivity contribution in [1.29, 1.82) is 0 Å². The minimum atomic E-state index is -0.573. The number of rotatable bonds is 6. The molecule has 1 atom stereocenters. The molecule has 0 spiro atoms. The van der Waals surface area contributed by atoms with E-state index in [4.69, 9.17) is 8.94 Å². The van der Waals surface area contributed by atoms with Crippen LogP contribution in [0, 0.1) is 0 Å². The monoisotopic (exact) mass is 318 g/mol. The molecule has 3 heterocycles. The summed E-state index contributed by atoms with van der Waals surface area (Å²) in [5.41, 5.74) is 0.178. The summed E-state index contributed by atoms with van der Waals surface area (Å²) in [6.45, 7) is 0.348. The first-order valence-corrected chi connectivity index (χ1v) is 7.62. The lowest BCUT2D eigenvalue weighted by Gasteiger charge is -2.08. The highest BCUT2D eigenvalue weighted by atomic mass is 32.1. The second kappa shape index (κ2) is 6.59. The molecule has 114 valence electrons. The fraction of sp³-hybridized carbons (Fsp3) is 0.200. The molecule has 2 N–H and O–H groups in total. The van der Waals surface area contributed by atoms with Gasteiger partial charge in [-0.25, -0.2) is 0 Å². The number of amides is 1. The van der Waals surface area contributed by atoms with Gasteiger partial charge in [0.05, 0.1) is 12.4 Å². The molecule has 0 aliphatic carbocycles. The summed E-state index contributed by atoms with van der Waals surface area (Å²) in [5, 5.41) is 18.3. The van der Waals surface area contributed by atoms with Crippen molar-refractivity contribution >= 4 is 17.2 Å². The molecule has 1 unspecified atom stereocenters. The van der Waals surface area contributed by atoms with Gasteiger partial charge in [-0.1, -0.05) is 11.2 Å². The van der Waals surface area contributed by atoms with Gasteiger partial charge in [0.2, 0.25) is 5.76 Å². The maximum atomic E-state index is 12.0. The Balaban J connectivity index is 1.52. The van der Waals surface area contributed by atoms with E-state index in [9.17, 15) is 9.90 Å². The smallest absolute Gasteiger partial charge is 0.273 e. The molecule has 3 aromatic rings. The van der Waals surface area contributed by atoms with Crippen LogP contribution in [0.25, 0.3) is 11.5 Å². The molecule has 22 heavy (non-hydrogen) atoms. The Labute approximate surface area is 130 Å². The highest BCUT2D eigenvalue weighted by Crippen LogP contribution is 2.22. The van der Waals surface area contributed by atoms with E-state index >= 15 is 0 Å². The summed E-state index contributed by atoms with van der Waals surface area (Å²) in [5.74, 6) is 0.563. The van der Waals surface area contributed by atoms with Crippen molar-refractivity contribution < 1.29 is 18.8 Å². The number of nitrogens with one attached hydrogen (secondary N) is 1. The summed E-state index contributed by atoms with van der Waals surface area (Å²) < 4.78 is 10.2. The standard InChI is InChI=1S/C15H14N2O4S/c18-11(14-4-2-8-22-14)5-6-16-15(19)10-9-13(21-17-10)12-3-1-7-20-12/h1-4,7-9,11,18H,5-6H2,(H,16,19). The van der Waals surface area contributed by atoms with Crippen molar-refractivity contribution in [3.05, 3.63) is 52.5 Å². The van der Waals surface area contributed by atoms with Crippen molar-refractivity contribution in [1.82, 2.24) is 10.5 Å². The van der Waals surface area contributed by atoms with Crippen molar-refractivity contribution in [2.45, 2.75) is 12.5 Å². The van der Waals surface area contributed by atoms with E-state index in [0.717, 1.165) is 4.88 Å². The van der Waals surface area contributed by atoms with Gasteiger partial charge in [0.15, 0.2) is 11.5 Å². The van der Waals surface area contributed by atoms with E-state index < -0.39 is 6.10 Å². The fourth-order valence-corrected chi connectivity index (χ4v) is 2.70. The van der Waals surface area contributed by atoms with Gasteiger partial charge >= 0.3 is 0 Å². The third kappa shape index (κ3) is 3.26. The van der Waals surface area contributed by atoms with Gasteiger partial charge in [-0.15, -0.1) is 11.3 Å². The lowest BCUT2D eigenvalue weighted by atomic mass is 10.2. The summed E-state index contributed by atoms with van der Waals surface area (Å²) >= 11 is 1.49. The number of aliphatic hydroxyl groups is 1. The number of thiophene rings is 1. The van der Waals surface area contributed by atoms with Crippen LogP contribution in [0.2, 0.25) is 0 Å². The molecule has 0 saturated heterocycles. The van der Waals surface area contributed by atoms with Gasteiger partial charge < -0.3 is 19.4 Å². The Morgan fingerprint density at radius 2 is 2.27 bits per heavy atom. The van der Waals surface area contributed by atoms with Crippen LogP contribution < -0.4 is 5.32 Å². The molecular formula is C15H14N2O4S. The van der Waals surface area contributed by atoms with Crippen molar-refractivity contribution in [3.63, 3.8) is 0 Å². The predicted molar refractivity (Wildman–Crippen MR) is 80.4 cm³/mol. The van der Waals surface area contributed by atoms with Gasteiger partial charge in [0, 0.05) is 17.5 Å². The van der Waals surface area contributed by atoms with E-state index in [1.807, 2.05) is 17.5 Å². The number of aromatic nitrogens is 1. The number of furan rings is 1. The second-order valence-corrected chi connectivity index (χ2v) is 5.61. The SMILES string of the molecule is O=C(NCCC(O)c1cccs1)c1cc(-c2ccco2)on1. The maximum absolute atomic E-state index is 12.0. The average molecular weight is 318 g/mol. The van der Waals surface area contributed by atoms with Gasteiger partial charge in [0.25, 0.3) is 5.91 Å². The van der Waals surface area contributed by atoms with Gasteiger partial charge in [-0.3, -0.25) is 4.79 Å². The zero-order chi connectivity index (χ0) is 15.4. The van der Waals surface area contributed by atoms with Gasteiger partial charge in [0.1, 0.15) is 0 Å². The van der Waals surface area contributed by atoms with E-state index in [2.05, 4.69) is 10.5 Å². The Bertz CT molecular complexity index is 719. The first-order valence-electron chi connectivity index (χ1n) is 6.74. The Morgan fingerprint density at radius 1 is 1.36 bits per heavy atom. The molecule has 0 fully saturated rings. The van der Waals surface area contributed by atoms with Crippen LogP contribution in [0.3, 0.4) is 0 Å². The average Bonchev–Trinajstić information content (AvgIpc) is 3.26. The molecule has 3 rings (SSSR count). The predicted octanol–water partition coefficient (Wildman–Crippen LogP) is 2.85. The van der Waals surface area contributed by atoms with Crippen LogP contribution in [-0.4, -0.2) is 22.7 Å². The maximum Gasteiger partial charge on any atom is 0.273 e. The number of hydrogen-bond donors (Lipinski definition) is 2. The van der Waals surface area contributed by atoms with Crippen LogP contribution in [0.1, 0.15) is 27.9 Å². The van der Waals surface area contributed by atoms with Crippen molar-refractivity contribution in [3.8, 4) is 11.5 Å². The lowest BCUT2D eigenvalue weighted by Crippen LogP contribution is -2.25. The molecule has 0 bridgehead atoms. The van der Waals surface area contributed by atoms with Gasteiger partial charge in [-0.2, -0.15) is 0 Å². The number of carbonyl (C=O) groups is 1. The Kier molecular flexibility index (Phi) is 4.36. The zero-order valence-electron chi connectivity index (χ0n) is 11.6. The molecule has 1 amide bonds. The van der Waals surface area contributed by atoms with Crippen LogP contribution >= 0.6 is 11.3 Å². The van der Waals surface area contributed by atoms with Crippen LogP contribution in [0.5, 0.6) is 0 Å². The van der Waals surface area contributed by atoms with E-state index in [0.29, 0.717) is 24.5 Å². The topological polar surface area (TPSA) is 88.5 Å². The van der Waals surface area contributed by atoms with Crippen LogP contribution in [0.4, 0.5) is 0 Å². The summed E-state index contributed by atoms with van der Waals surface area (Å²) in [7, 11) is 0. The number of hydrogen-bond acceptors (Lipinski definition) is 6. The van der Waals surface area contributed by atoms with Crippen molar-refractivity contribution in [2.75, 3.05) is 6.54 Å².